The highest BCUT2D eigenvalue weighted by Gasteiger charge is 2.19. The summed E-state index contributed by atoms with van der Waals surface area (Å²) in [6.45, 7) is 4.82. The highest BCUT2D eigenvalue weighted by atomic mass is 16.5. The number of carbonyl (C=O) groups excluding carboxylic acids is 1. The van der Waals surface area contributed by atoms with Gasteiger partial charge in [-0.1, -0.05) is 83.8 Å². The molecule has 7 nitrogen and oxygen atoms in total. The van der Waals surface area contributed by atoms with Gasteiger partial charge in [0.25, 0.3) is 0 Å². The molecule has 0 amide bonds. The number of aromatic nitrogens is 2. The van der Waals surface area contributed by atoms with Gasteiger partial charge < -0.3 is 9.47 Å². The fraction of sp³-hybridized carbons (Fsp3) is 0.441. The summed E-state index contributed by atoms with van der Waals surface area (Å²) in [7, 11) is 0. The summed E-state index contributed by atoms with van der Waals surface area (Å²) in [6, 6.07) is 13.9. The lowest BCUT2D eigenvalue weighted by atomic mass is 10.1. The van der Waals surface area contributed by atoms with Crippen LogP contribution in [0.5, 0.6) is 11.5 Å². The smallest absolute Gasteiger partial charge is 0.343 e. The Labute approximate surface area is 244 Å². The average molecular weight is 553 g/mol. The van der Waals surface area contributed by atoms with E-state index in [2.05, 4.69) is 23.8 Å². The SMILES string of the molecule is CCCCCCCCCc1cnc(-c2ccc(C(=O)Oc3ccc(OCCCCCC)c(C#N)c3C#N)cc2)nc1. The minimum Gasteiger partial charge on any atom is -0.492 e. The topological polar surface area (TPSA) is 109 Å². The van der Waals surface area contributed by atoms with Crippen molar-refractivity contribution in [2.45, 2.75) is 90.9 Å². The number of nitriles is 2. The molecule has 0 N–H and O–H groups in total. The first-order valence-corrected chi connectivity index (χ1v) is 14.8. The maximum Gasteiger partial charge on any atom is 0.343 e. The second kappa shape index (κ2) is 17.5. The van der Waals surface area contributed by atoms with E-state index >= 15 is 0 Å². The van der Waals surface area contributed by atoms with Crippen LogP contribution in [0.2, 0.25) is 0 Å². The Morgan fingerprint density at radius 3 is 1.93 bits per heavy atom. The summed E-state index contributed by atoms with van der Waals surface area (Å²) >= 11 is 0. The van der Waals surface area contributed by atoms with E-state index in [4.69, 9.17) is 9.47 Å². The van der Waals surface area contributed by atoms with Crippen molar-refractivity contribution < 1.29 is 14.3 Å². The molecule has 0 radical (unpaired) electrons. The Hall–Kier alpha value is -4.23. The van der Waals surface area contributed by atoms with Crippen LogP contribution >= 0.6 is 0 Å². The van der Waals surface area contributed by atoms with Gasteiger partial charge in [-0.2, -0.15) is 10.5 Å². The van der Waals surface area contributed by atoms with Crippen molar-refractivity contribution in [3.63, 3.8) is 0 Å². The predicted octanol–water partition coefficient (Wildman–Crippen LogP) is 8.36. The molecule has 3 aromatic rings. The van der Waals surface area contributed by atoms with Crippen LogP contribution in [0.4, 0.5) is 0 Å². The molecule has 0 saturated carbocycles. The molecule has 0 spiro atoms. The molecule has 0 saturated heterocycles. The summed E-state index contributed by atoms with van der Waals surface area (Å²) in [5.74, 6) is 0.301. The van der Waals surface area contributed by atoms with Crippen LogP contribution in [0.3, 0.4) is 0 Å². The van der Waals surface area contributed by atoms with Gasteiger partial charge in [-0.25, -0.2) is 14.8 Å². The predicted molar refractivity (Wildman–Crippen MR) is 160 cm³/mol. The number of rotatable bonds is 17. The van der Waals surface area contributed by atoms with Crippen molar-refractivity contribution in [1.29, 1.82) is 10.5 Å². The van der Waals surface area contributed by atoms with E-state index in [1.807, 2.05) is 24.5 Å². The Morgan fingerprint density at radius 1 is 0.732 bits per heavy atom. The maximum absolute atomic E-state index is 12.9. The normalized spacial score (nSPS) is 10.5. The highest BCUT2D eigenvalue weighted by molar-refractivity contribution is 5.92. The summed E-state index contributed by atoms with van der Waals surface area (Å²) in [5.41, 5.74) is 2.27. The molecule has 41 heavy (non-hydrogen) atoms. The van der Waals surface area contributed by atoms with Gasteiger partial charge in [0.1, 0.15) is 29.0 Å². The third-order valence-electron chi connectivity index (χ3n) is 6.96. The second-order valence-electron chi connectivity index (χ2n) is 10.2. The molecule has 0 aliphatic heterocycles. The quantitative estimate of drug-likeness (QED) is 0.0940. The largest absolute Gasteiger partial charge is 0.492 e. The monoisotopic (exact) mass is 552 g/mol. The minimum atomic E-state index is -0.629. The van der Waals surface area contributed by atoms with Crippen molar-refractivity contribution in [3.05, 3.63) is 71.0 Å². The van der Waals surface area contributed by atoms with Crippen LogP contribution in [-0.2, 0) is 6.42 Å². The van der Waals surface area contributed by atoms with Crippen molar-refractivity contribution in [2.24, 2.45) is 0 Å². The summed E-state index contributed by atoms with van der Waals surface area (Å²) in [6.07, 6.45) is 17.7. The van der Waals surface area contributed by atoms with E-state index in [0.717, 1.165) is 49.7 Å². The Kier molecular flexibility index (Phi) is 13.3. The Morgan fingerprint density at radius 2 is 1.29 bits per heavy atom. The average Bonchev–Trinajstić information content (AvgIpc) is 3.01. The van der Waals surface area contributed by atoms with Crippen LogP contribution in [0.25, 0.3) is 11.4 Å². The summed E-state index contributed by atoms with van der Waals surface area (Å²) in [5, 5.41) is 19.4. The third kappa shape index (κ3) is 9.72. The molecular weight excluding hydrogens is 512 g/mol. The van der Waals surface area contributed by atoms with Crippen molar-refractivity contribution in [3.8, 4) is 35.0 Å². The Balaban J connectivity index is 1.57. The summed E-state index contributed by atoms with van der Waals surface area (Å²) in [4.78, 5) is 21.9. The number of nitrogens with zero attached hydrogens (tertiary/aromatic N) is 4. The molecule has 7 heteroatoms. The molecule has 1 aromatic heterocycles. The van der Waals surface area contributed by atoms with E-state index in [0.29, 0.717) is 23.7 Å². The molecule has 0 bridgehead atoms. The van der Waals surface area contributed by atoms with Crippen molar-refractivity contribution in [1.82, 2.24) is 9.97 Å². The number of aryl methyl sites for hydroxylation is 1. The first-order valence-electron chi connectivity index (χ1n) is 14.8. The lowest BCUT2D eigenvalue weighted by Gasteiger charge is -2.12. The van der Waals surface area contributed by atoms with Crippen LogP contribution in [0, 0.1) is 22.7 Å². The van der Waals surface area contributed by atoms with E-state index < -0.39 is 5.97 Å². The zero-order valence-corrected chi connectivity index (χ0v) is 24.3. The summed E-state index contributed by atoms with van der Waals surface area (Å²) < 4.78 is 11.3. The minimum absolute atomic E-state index is 0.0199. The fourth-order valence-electron chi connectivity index (χ4n) is 4.54. The van der Waals surface area contributed by atoms with Gasteiger partial charge in [0, 0.05) is 18.0 Å². The fourth-order valence-corrected chi connectivity index (χ4v) is 4.54. The molecule has 0 aliphatic carbocycles. The second-order valence-corrected chi connectivity index (χ2v) is 10.2. The third-order valence-corrected chi connectivity index (χ3v) is 6.96. The van der Waals surface area contributed by atoms with Crippen LogP contribution in [0.1, 0.15) is 112 Å². The molecular formula is C34H40N4O3. The van der Waals surface area contributed by atoms with Crippen LogP contribution in [-0.4, -0.2) is 22.5 Å². The molecule has 0 atom stereocenters. The zero-order valence-electron chi connectivity index (χ0n) is 24.3. The van der Waals surface area contributed by atoms with Gasteiger partial charge in [-0.3, -0.25) is 0 Å². The van der Waals surface area contributed by atoms with Crippen LogP contribution in [0.15, 0.2) is 48.8 Å². The van der Waals surface area contributed by atoms with Crippen molar-refractivity contribution in [2.75, 3.05) is 6.61 Å². The van der Waals surface area contributed by atoms with Gasteiger partial charge in [0.15, 0.2) is 11.6 Å². The number of hydrogen-bond donors (Lipinski definition) is 0. The van der Waals surface area contributed by atoms with Gasteiger partial charge in [-0.05, 0) is 49.1 Å². The number of carbonyl (C=O) groups is 1. The number of esters is 1. The lowest BCUT2D eigenvalue weighted by Crippen LogP contribution is -2.10. The lowest BCUT2D eigenvalue weighted by molar-refractivity contribution is 0.0734. The maximum atomic E-state index is 12.9. The van der Waals surface area contributed by atoms with Gasteiger partial charge >= 0.3 is 5.97 Å². The first kappa shape index (κ1) is 31.3. The molecule has 0 aliphatic rings. The number of benzene rings is 2. The Bertz CT molecular complexity index is 1320. The number of ether oxygens (including phenoxy) is 2. The molecule has 1 heterocycles. The first-order chi connectivity index (χ1) is 20.1. The van der Waals surface area contributed by atoms with Gasteiger partial charge in [-0.15, -0.1) is 0 Å². The van der Waals surface area contributed by atoms with E-state index in [1.54, 1.807) is 30.3 Å². The van der Waals surface area contributed by atoms with Gasteiger partial charge in [0.05, 0.1) is 12.2 Å². The molecule has 2 aromatic carbocycles. The molecule has 0 fully saturated rings. The number of unbranched alkanes of at least 4 members (excludes halogenated alkanes) is 9. The zero-order chi connectivity index (χ0) is 29.3. The molecule has 3 rings (SSSR count). The van der Waals surface area contributed by atoms with Crippen LogP contribution < -0.4 is 9.47 Å². The van der Waals surface area contributed by atoms with Gasteiger partial charge in [0.2, 0.25) is 0 Å². The molecule has 214 valence electrons. The standard InChI is InChI=1S/C34H40N4O3/c1-3-5-7-9-10-11-12-14-26-24-37-33(38-25-26)27-15-17-28(18-16-27)34(39)41-32-20-19-31(29(22-35)30(32)23-36)40-21-13-8-6-4-2/h15-20,24-25H,3-14,21H2,1-2H3. The van der Waals surface area contributed by atoms with E-state index in [1.165, 1.54) is 44.6 Å². The van der Waals surface area contributed by atoms with Crippen molar-refractivity contribution >= 4 is 5.97 Å². The molecule has 0 unspecified atom stereocenters. The number of hydrogen-bond acceptors (Lipinski definition) is 7. The van der Waals surface area contributed by atoms with E-state index in [-0.39, 0.29) is 16.9 Å². The highest BCUT2D eigenvalue weighted by Crippen LogP contribution is 2.30. The van der Waals surface area contributed by atoms with E-state index in [9.17, 15) is 15.3 Å².